The van der Waals surface area contributed by atoms with Gasteiger partial charge in [0.2, 0.25) is 5.91 Å². The molecular formula is C17H19NO3. The summed E-state index contributed by atoms with van der Waals surface area (Å²) in [5, 5.41) is 12.3. The Morgan fingerprint density at radius 3 is 2.38 bits per heavy atom. The quantitative estimate of drug-likeness (QED) is 0.833. The number of nitrogens with one attached hydrogen (secondary N) is 1. The van der Waals surface area contributed by atoms with Crippen molar-refractivity contribution < 1.29 is 14.7 Å². The van der Waals surface area contributed by atoms with Crippen molar-refractivity contribution in [3.8, 4) is 0 Å². The highest BCUT2D eigenvalue weighted by Gasteiger charge is 2.51. The van der Waals surface area contributed by atoms with Gasteiger partial charge in [0.05, 0.1) is 11.8 Å². The minimum absolute atomic E-state index is 0.0163. The molecule has 2 N–H and O–H groups in total. The molecule has 0 heterocycles. The zero-order valence-corrected chi connectivity index (χ0v) is 12.0. The van der Waals surface area contributed by atoms with E-state index < -0.39 is 17.8 Å². The van der Waals surface area contributed by atoms with Crippen molar-refractivity contribution in [2.75, 3.05) is 0 Å². The van der Waals surface area contributed by atoms with Crippen molar-refractivity contribution in [2.24, 2.45) is 23.7 Å². The molecule has 1 fully saturated rings. The van der Waals surface area contributed by atoms with E-state index in [-0.39, 0.29) is 17.7 Å². The van der Waals surface area contributed by atoms with Crippen LogP contribution < -0.4 is 5.32 Å². The second-order valence-electron chi connectivity index (χ2n) is 6.04. The number of aryl methyl sites for hydroxylation is 1. The van der Waals surface area contributed by atoms with Crippen LogP contribution in [0.25, 0.3) is 0 Å². The Bertz CT molecular complexity index is 591. The van der Waals surface area contributed by atoms with Gasteiger partial charge in [-0.15, -0.1) is 0 Å². The largest absolute Gasteiger partial charge is 0.481 e. The van der Waals surface area contributed by atoms with E-state index in [1.165, 1.54) is 5.56 Å². The third-order valence-corrected chi connectivity index (χ3v) is 4.63. The summed E-state index contributed by atoms with van der Waals surface area (Å²) in [7, 11) is 0. The second-order valence-corrected chi connectivity index (χ2v) is 6.04. The van der Waals surface area contributed by atoms with Crippen molar-refractivity contribution in [1.82, 2.24) is 5.32 Å². The van der Waals surface area contributed by atoms with Gasteiger partial charge in [-0.2, -0.15) is 0 Å². The van der Waals surface area contributed by atoms with Gasteiger partial charge in [0.15, 0.2) is 0 Å². The number of amides is 1. The van der Waals surface area contributed by atoms with Crippen LogP contribution in [-0.2, 0) is 16.1 Å². The number of carbonyl (C=O) groups excluding carboxylic acids is 1. The summed E-state index contributed by atoms with van der Waals surface area (Å²) < 4.78 is 0. The van der Waals surface area contributed by atoms with Gasteiger partial charge in [-0.1, -0.05) is 42.0 Å². The van der Waals surface area contributed by atoms with Gasteiger partial charge >= 0.3 is 5.97 Å². The standard InChI is InChI=1S/C17H19NO3/c1-10-2-4-11(5-3-10)9-18-16(19)14-12-6-7-13(8-12)15(14)17(20)21/h2-7,12-15H,8-9H2,1H3,(H,18,19)(H,20,21)/t12-,13+,14+,15+/m0/s1. The summed E-state index contributed by atoms with van der Waals surface area (Å²) >= 11 is 0. The van der Waals surface area contributed by atoms with Crippen LogP contribution in [0.4, 0.5) is 0 Å². The van der Waals surface area contributed by atoms with Crippen molar-refractivity contribution in [3.63, 3.8) is 0 Å². The first-order chi connectivity index (χ1) is 10.1. The average molecular weight is 285 g/mol. The first-order valence-corrected chi connectivity index (χ1v) is 7.30. The van der Waals surface area contributed by atoms with E-state index in [1.54, 1.807) is 0 Å². The predicted octanol–water partition coefficient (Wildman–Crippen LogP) is 2.13. The molecule has 1 saturated carbocycles. The number of carboxylic acid groups (broad SMARTS) is 1. The molecule has 0 radical (unpaired) electrons. The number of hydrogen-bond acceptors (Lipinski definition) is 2. The molecule has 2 bridgehead atoms. The number of allylic oxidation sites excluding steroid dienone is 2. The Hall–Kier alpha value is -2.10. The van der Waals surface area contributed by atoms with Gasteiger partial charge in [-0.3, -0.25) is 9.59 Å². The zero-order chi connectivity index (χ0) is 15.0. The normalized spacial score (nSPS) is 29.6. The maximum Gasteiger partial charge on any atom is 0.307 e. The Kier molecular flexibility index (Phi) is 3.53. The lowest BCUT2D eigenvalue weighted by molar-refractivity contribution is -0.147. The van der Waals surface area contributed by atoms with Gasteiger partial charge in [0, 0.05) is 6.54 Å². The fraction of sp³-hybridized carbons (Fsp3) is 0.412. The van der Waals surface area contributed by atoms with Crippen LogP contribution in [-0.4, -0.2) is 17.0 Å². The lowest BCUT2D eigenvalue weighted by atomic mass is 9.82. The molecule has 1 amide bonds. The molecule has 110 valence electrons. The lowest BCUT2D eigenvalue weighted by Gasteiger charge is -2.23. The van der Waals surface area contributed by atoms with Crippen LogP contribution in [0.1, 0.15) is 17.5 Å². The summed E-state index contributed by atoms with van der Waals surface area (Å²) in [6.45, 7) is 2.46. The van der Waals surface area contributed by atoms with Gasteiger partial charge in [0.25, 0.3) is 0 Å². The number of carbonyl (C=O) groups is 2. The maximum atomic E-state index is 12.4. The van der Waals surface area contributed by atoms with Crippen LogP contribution in [0, 0.1) is 30.6 Å². The Morgan fingerprint density at radius 1 is 1.14 bits per heavy atom. The molecule has 1 aromatic rings. The molecule has 21 heavy (non-hydrogen) atoms. The first kappa shape index (κ1) is 13.9. The van der Waals surface area contributed by atoms with Crippen molar-refractivity contribution in [2.45, 2.75) is 19.9 Å². The lowest BCUT2D eigenvalue weighted by Crippen LogP contribution is -2.39. The minimum atomic E-state index is -0.859. The highest BCUT2D eigenvalue weighted by Crippen LogP contribution is 2.48. The van der Waals surface area contributed by atoms with E-state index in [1.807, 2.05) is 43.3 Å². The zero-order valence-electron chi connectivity index (χ0n) is 12.0. The highest BCUT2D eigenvalue weighted by molar-refractivity contribution is 5.86. The van der Waals surface area contributed by atoms with Crippen molar-refractivity contribution >= 4 is 11.9 Å². The number of benzene rings is 1. The number of rotatable bonds is 4. The van der Waals surface area contributed by atoms with Gasteiger partial charge in [0.1, 0.15) is 0 Å². The average Bonchev–Trinajstić information content (AvgIpc) is 3.06. The topological polar surface area (TPSA) is 66.4 Å². The monoisotopic (exact) mass is 285 g/mol. The van der Waals surface area contributed by atoms with E-state index in [2.05, 4.69) is 5.32 Å². The Balaban J connectivity index is 1.66. The molecule has 4 heteroatoms. The van der Waals surface area contributed by atoms with Crippen LogP contribution >= 0.6 is 0 Å². The first-order valence-electron chi connectivity index (χ1n) is 7.30. The Morgan fingerprint density at radius 2 is 1.76 bits per heavy atom. The SMILES string of the molecule is Cc1ccc(CNC(=O)[C@H]2[C@H](C(=O)O)[C@@H]3C=C[C@H]2C3)cc1. The van der Waals surface area contributed by atoms with Crippen LogP contribution in [0.5, 0.6) is 0 Å². The maximum absolute atomic E-state index is 12.4. The summed E-state index contributed by atoms with van der Waals surface area (Å²) in [5.74, 6) is -1.90. The van der Waals surface area contributed by atoms with E-state index in [0.717, 1.165) is 12.0 Å². The number of fused-ring (bicyclic) bond motifs is 2. The molecular weight excluding hydrogens is 266 g/mol. The fourth-order valence-corrected chi connectivity index (χ4v) is 3.53. The van der Waals surface area contributed by atoms with E-state index in [9.17, 15) is 14.7 Å². The van der Waals surface area contributed by atoms with Crippen LogP contribution in [0.3, 0.4) is 0 Å². The second kappa shape index (κ2) is 5.35. The molecule has 4 nitrogen and oxygen atoms in total. The van der Waals surface area contributed by atoms with Gasteiger partial charge < -0.3 is 10.4 Å². The number of carboxylic acids is 1. The minimum Gasteiger partial charge on any atom is -0.481 e. The Labute approximate surface area is 123 Å². The van der Waals surface area contributed by atoms with Gasteiger partial charge in [-0.05, 0) is 30.7 Å². The van der Waals surface area contributed by atoms with Gasteiger partial charge in [-0.25, -0.2) is 0 Å². The summed E-state index contributed by atoms with van der Waals surface area (Å²) in [5.41, 5.74) is 2.20. The van der Waals surface area contributed by atoms with Crippen LogP contribution in [0.2, 0.25) is 0 Å². The summed E-state index contributed by atoms with van der Waals surface area (Å²) in [6, 6.07) is 7.96. The molecule has 0 saturated heterocycles. The summed E-state index contributed by atoms with van der Waals surface area (Å²) in [6.07, 6.45) is 4.74. The third kappa shape index (κ3) is 2.58. The van der Waals surface area contributed by atoms with E-state index in [0.29, 0.717) is 6.54 Å². The molecule has 0 spiro atoms. The summed E-state index contributed by atoms with van der Waals surface area (Å²) in [4.78, 5) is 23.8. The molecule has 3 rings (SSSR count). The molecule has 2 aliphatic carbocycles. The van der Waals surface area contributed by atoms with Crippen molar-refractivity contribution in [3.05, 3.63) is 47.5 Å². The smallest absolute Gasteiger partial charge is 0.307 e. The highest BCUT2D eigenvalue weighted by atomic mass is 16.4. The third-order valence-electron chi connectivity index (χ3n) is 4.63. The van der Waals surface area contributed by atoms with Crippen molar-refractivity contribution in [1.29, 1.82) is 0 Å². The number of aliphatic carboxylic acids is 1. The predicted molar refractivity (Wildman–Crippen MR) is 78.4 cm³/mol. The van der Waals surface area contributed by atoms with E-state index in [4.69, 9.17) is 0 Å². The molecule has 2 aliphatic rings. The molecule has 0 aromatic heterocycles. The van der Waals surface area contributed by atoms with Crippen LogP contribution in [0.15, 0.2) is 36.4 Å². The molecule has 4 atom stereocenters. The molecule has 1 aromatic carbocycles. The van der Waals surface area contributed by atoms with E-state index >= 15 is 0 Å². The molecule has 0 unspecified atom stereocenters. The molecule has 0 aliphatic heterocycles. The fourth-order valence-electron chi connectivity index (χ4n) is 3.53. The number of hydrogen-bond donors (Lipinski definition) is 2.